The summed E-state index contributed by atoms with van der Waals surface area (Å²) in [4.78, 5) is 14.5. The van der Waals surface area contributed by atoms with Crippen LogP contribution < -0.4 is 4.74 Å². The van der Waals surface area contributed by atoms with Crippen molar-refractivity contribution in [2.75, 3.05) is 13.7 Å². The van der Waals surface area contributed by atoms with E-state index in [4.69, 9.17) is 4.74 Å². The van der Waals surface area contributed by atoms with Crippen LogP contribution in [0.2, 0.25) is 0 Å². The standard InChI is InChI=1S/C22H21N3O2/c1-27-18-10-8-17(9-11-18)22-19-15-25(14-13-20(19)23-24-22)21(26)12-7-16-5-3-2-4-6-16/h2-12H,13-15H2,1H3,(H,23,24). The van der Waals surface area contributed by atoms with Crippen molar-refractivity contribution in [2.45, 2.75) is 13.0 Å². The molecule has 0 aliphatic carbocycles. The molecule has 5 nitrogen and oxygen atoms in total. The molecule has 0 fully saturated rings. The number of rotatable bonds is 4. The Morgan fingerprint density at radius 3 is 2.67 bits per heavy atom. The third kappa shape index (κ3) is 3.62. The number of amides is 1. The summed E-state index contributed by atoms with van der Waals surface area (Å²) in [5, 5.41) is 7.62. The van der Waals surface area contributed by atoms with E-state index in [0.29, 0.717) is 13.1 Å². The van der Waals surface area contributed by atoms with E-state index in [0.717, 1.165) is 40.2 Å². The normalized spacial score (nSPS) is 13.6. The number of carbonyl (C=O) groups is 1. The van der Waals surface area contributed by atoms with Crippen LogP contribution in [0.4, 0.5) is 0 Å². The Hall–Kier alpha value is -3.34. The largest absolute Gasteiger partial charge is 0.497 e. The summed E-state index contributed by atoms with van der Waals surface area (Å²) >= 11 is 0. The first-order valence-electron chi connectivity index (χ1n) is 8.97. The monoisotopic (exact) mass is 359 g/mol. The molecule has 1 aliphatic heterocycles. The third-order valence-electron chi connectivity index (χ3n) is 4.83. The number of ether oxygens (including phenoxy) is 1. The fourth-order valence-corrected chi connectivity index (χ4v) is 3.31. The molecular weight excluding hydrogens is 338 g/mol. The molecule has 0 saturated heterocycles. The molecule has 1 aliphatic rings. The lowest BCUT2D eigenvalue weighted by atomic mass is 10.0. The van der Waals surface area contributed by atoms with Crippen LogP contribution in [0.15, 0.2) is 60.7 Å². The van der Waals surface area contributed by atoms with Crippen LogP contribution in [0, 0.1) is 0 Å². The first-order valence-corrected chi connectivity index (χ1v) is 8.97. The summed E-state index contributed by atoms with van der Waals surface area (Å²) in [7, 11) is 1.65. The van der Waals surface area contributed by atoms with Crippen molar-refractivity contribution in [3.63, 3.8) is 0 Å². The highest BCUT2D eigenvalue weighted by Gasteiger charge is 2.24. The second kappa shape index (κ2) is 7.50. The third-order valence-corrected chi connectivity index (χ3v) is 4.83. The van der Waals surface area contributed by atoms with Crippen molar-refractivity contribution in [3.05, 3.63) is 77.5 Å². The summed E-state index contributed by atoms with van der Waals surface area (Å²) in [6, 6.07) is 17.7. The van der Waals surface area contributed by atoms with Crippen LogP contribution in [0.25, 0.3) is 17.3 Å². The van der Waals surface area contributed by atoms with Gasteiger partial charge < -0.3 is 9.64 Å². The average Bonchev–Trinajstić information content (AvgIpc) is 3.16. The molecule has 136 valence electrons. The topological polar surface area (TPSA) is 58.2 Å². The number of H-pyrrole nitrogens is 1. The van der Waals surface area contributed by atoms with Crippen LogP contribution >= 0.6 is 0 Å². The number of aromatic nitrogens is 2. The van der Waals surface area contributed by atoms with Gasteiger partial charge in [-0.15, -0.1) is 0 Å². The molecule has 0 atom stereocenters. The van der Waals surface area contributed by atoms with Crippen molar-refractivity contribution < 1.29 is 9.53 Å². The van der Waals surface area contributed by atoms with Gasteiger partial charge in [0.1, 0.15) is 5.75 Å². The number of nitrogens with zero attached hydrogens (tertiary/aromatic N) is 2. The molecule has 2 aromatic carbocycles. The number of hydrogen-bond donors (Lipinski definition) is 1. The van der Waals surface area contributed by atoms with E-state index in [-0.39, 0.29) is 5.91 Å². The van der Waals surface area contributed by atoms with Crippen molar-refractivity contribution in [1.82, 2.24) is 15.1 Å². The van der Waals surface area contributed by atoms with E-state index in [1.807, 2.05) is 65.6 Å². The van der Waals surface area contributed by atoms with Gasteiger partial charge in [-0.1, -0.05) is 30.3 Å². The van der Waals surface area contributed by atoms with Gasteiger partial charge in [0.15, 0.2) is 0 Å². The fourth-order valence-electron chi connectivity index (χ4n) is 3.31. The van der Waals surface area contributed by atoms with Gasteiger partial charge in [-0.2, -0.15) is 5.10 Å². The lowest BCUT2D eigenvalue weighted by Gasteiger charge is -2.26. The van der Waals surface area contributed by atoms with Crippen LogP contribution in [-0.2, 0) is 17.8 Å². The van der Waals surface area contributed by atoms with Gasteiger partial charge in [0.25, 0.3) is 0 Å². The van der Waals surface area contributed by atoms with Gasteiger partial charge in [0.05, 0.1) is 12.8 Å². The minimum absolute atomic E-state index is 0.0198. The molecule has 0 unspecified atom stereocenters. The number of carbonyl (C=O) groups excluding carboxylic acids is 1. The first kappa shape index (κ1) is 17.1. The van der Waals surface area contributed by atoms with Crippen LogP contribution in [0.1, 0.15) is 16.8 Å². The van der Waals surface area contributed by atoms with E-state index < -0.39 is 0 Å². The molecule has 5 heteroatoms. The summed E-state index contributed by atoms with van der Waals surface area (Å²) in [6.45, 7) is 1.25. The zero-order chi connectivity index (χ0) is 18.6. The first-order chi connectivity index (χ1) is 13.2. The maximum absolute atomic E-state index is 12.6. The molecule has 3 aromatic rings. The highest BCUT2D eigenvalue weighted by molar-refractivity contribution is 5.92. The molecule has 0 saturated carbocycles. The summed E-state index contributed by atoms with van der Waals surface area (Å²) in [6.07, 6.45) is 4.29. The minimum atomic E-state index is 0.0198. The molecule has 2 heterocycles. The number of nitrogens with one attached hydrogen (secondary N) is 1. The highest BCUT2D eigenvalue weighted by atomic mass is 16.5. The Kier molecular flexibility index (Phi) is 4.75. The molecule has 0 spiro atoms. The fraction of sp³-hybridized carbons (Fsp3) is 0.182. The van der Waals surface area contributed by atoms with Crippen LogP contribution in [-0.4, -0.2) is 34.7 Å². The van der Waals surface area contributed by atoms with Gasteiger partial charge in [-0.3, -0.25) is 9.89 Å². The van der Waals surface area contributed by atoms with Gasteiger partial charge in [0, 0.05) is 42.4 Å². The van der Waals surface area contributed by atoms with Crippen molar-refractivity contribution in [2.24, 2.45) is 0 Å². The Bertz CT molecular complexity index is 959. The van der Waals surface area contributed by atoms with Crippen LogP contribution in [0.3, 0.4) is 0 Å². The number of hydrogen-bond acceptors (Lipinski definition) is 3. The smallest absolute Gasteiger partial charge is 0.246 e. The number of fused-ring (bicyclic) bond motifs is 1. The van der Waals surface area contributed by atoms with Gasteiger partial charge in [0.2, 0.25) is 5.91 Å². The number of methoxy groups -OCH3 is 1. The molecule has 1 amide bonds. The predicted octanol–water partition coefficient (Wildman–Crippen LogP) is 3.68. The molecule has 4 rings (SSSR count). The van der Waals surface area contributed by atoms with Crippen molar-refractivity contribution in [1.29, 1.82) is 0 Å². The molecular formula is C22H21N3O2. The summed E-state index contributed by atoms with van der Waals surface area (Å²) < 4.78 is 5.22. The molecule has 0 bridgehead atoms. The molecule has 1 aromatic heterocycles. The maximum atomic E-state index is 12.6. The van der Waals surface area contributed by atoms with E-state index in [1.54, 1.807) is 13.2 Å². The Morgan fingerprint density at radius 2 is 1.93 bits per heavy atom. The summed E-state index contributed by atoms with van der Waals surface area (Å²) in [5.74, 6) is 0.831. The van der Waals surface area contributed by atoms with Gasteiger partial charge in [-0.05, 0) is 35.9 Å². The average molecular weight is 359 g/mol. The maximum Gasteiger partial charge on any atom is 0.246 e. The predicted molar refractivity (Wildman–Crippen MR) is 105 cm³/mol. The quantitative estimate of drug-likeness (QED) is 0.723. The van der Waals surface area contributed by atoms with Gasteiger partial charge in [-0.25, -0.2) is 0 Å². The van der Waals surface area contributed by atoms with E-state index >= 15 is 0 Å². The Labute approximate surface area is 158 Å². The van der Waals surface area contributed by atoms with Gasteiger partial charge >= 0.3 is 0 Å². The molecule has 1 N–H and O–H groups in total. The zero-order valence-electron chi connectivity index (χ0n) is 15.2. The highest BCUT2D eigenvalue weighted by Crippen LogP contribution is 2.29. The van der Waals surface area contributed by atoms with E-state index in [9.17, 15) is 4.79 Å². The van der Waals surface area contributed by atoms with Crippen molar-refractivity contribution in [3.8, 4) is 17.0 Å². The minimum Gasteiger partial charge on any atom is -0.497 e. The lowest BCUT2D eigenvalue weighted by Crippen LogP contribution is -2.34. The van der Waals surface area contributed by atoms with E-state index in [2.05, 4.69) is 10.2 Å². The summed E-state index contributed by atoms with van der Waals surface area (Å²) in [5.41, 5.74) is 5.13. The Balaban J connectivity index is 1.53. The molecule has 0 radical (unpaired) electrons. The SMILES string of the molecule is COc1ccc(-c2n[nH]c3c2CN(C(=O)C=Cc2ccccc2)CC3)cc1. The molecule has 27 heavy (non-hydrogen) atoms. The number of benzene rings is 2. The second-order valence-corrected chi connectivity index (χ2v) is 6.51. The second-order valence-electron chi connectivity index (χ2n) is 6.51. The van der Waals surface area contributed by atoms with Crippen molar-refractivity contribution >= 4 is 12.0 Å². The van der Waals surface area contributed by atoms with Crippen LogP contribution in [0.5, 0.6) is 5.75 Å². The lowest BCUT2D eigenvalue weighted by molar-refractivity contribution is -0.126. The van der Waals surface area contributed by atoms with E-state index in [1.165, 1.54) is 0 Å². The zero-order valence-corrected chi connectivity index (χ0v) is 15.2. The number of aromatic amines is 1. The Morgan fingerprint density at radius 1 is 1.15 bits per heavy atom.